The first-order valence-corrected chi connectivity index (χ1v) is 12.3. The van der Waals surface area contributed by atoms with Gasteiger partial charge in [0.05, 0.1) is 28.5 Å². The fourth-order valence-corrected chi connectivity index (χ4v) is 5.34. The minimum atomic E-state index is -1.08. The number of aromatic nitrogens is 5. The van der Waals surface area contributed by atoms with Crippen molar-refractivity contribution in [3.05, 3.63) is 45.3 Å². The van der Waals surface area contributed by atoms with E-state index in [0.717, 1.165) is 11.3 Å². The SMILES string of the molecule is C=CCO[C@H]1CN(c2nc(-c3ncnn3C)c(C(=O)O)s2)CC[C@H]1NC(O)c1[nH]c(C)c(Cl)c1Cl. The number of aryl methyl sites for hydroxylation is 2. The predicted molar refractivity (Wildman–Crippen MR) is 133 cm³/mol. The third-order valence-corrected chi connectivity index (χ3v) is 7.78. The molecule has 4 rings (SSSR count). The topological polar surface area (TPSA) is 141 Å². The lowest BCUT2D eigenvalue weighted by molar-refractivity contribution is 0.0110. The van der Waals surface area contributed by atoms with Crippen molar-refractivity contribution in [2.24, 2.45) is 7.05 Å². The van der Waals surface area contributed by atoms with Gasteiger partial charge in [-0.15, -0.1) is 6.58 Å². The fraction of sp³-hybridized carbons (Fsp3) is 0.429. The molecule has 1 fully saturated rings. The number of aliphatic hydroxyl groups excluding tert-OH is 1. The molecule has 1 aliphatic heterocycles. The predicted octanol–water partition coefficient (Wildman–Crippen LogP) is 3.01. The molecule has 1 aliphatic rings. The van der Waals surface area contributed by atoms with Gasteiger partial charge in [-0.1, -0.05) is 40.6 Å². The Morgan fingerprint density at radius 1 is 1.49 bits per heavy atom. The molecule has 0 spiro atoms. The maximum atomic E-state index is 11.9. The molecule has 0 aliphatic carbocycles. The lowest BCUT2D eigenvalue weighted by atomic mass is 10.0. The number of hydrogen-bond acceptors (Lipinski definition) is 9. The number of nitrogens with zero attached hydrogens (tertiary/aromatic N) is 5. The molecule has 188 valence electrons. The number of rotatable bonds is 9. The molecule has 14 heteroatoms. The van der Waals surface area contributed by atoms with Crippen LogP contribution in [0.3, 0.4) is 0 Å². The average molecular weight is 542 g/mol. The quantitative estimate of drug-likeness (QED) is 0.237. The Labute approximate surface area is 215 Å². The Kier molecular flexibility index (Phi) is 7.79. The molecule has 3 atom stereocenters. The molecule has 0 amide bonds. The third kappa shape index (κ3) is 5.22. The average Bonchev–Trinajstić information content (AvgIpc) is 3.52. The number of nitrogens with one attached hydrogen (secondary N) is 2. The molecule has 1 unspecified atom stereocenters. The summed E-state index contributed by atoms with van der Waals surface area (Å²) in [6.07, 6.45) is 2.16. The molecule has 0 saturated carbocycles. The number of halogens is 2. The lowest BCUT2D eigenvalue weighted by Crippen LogP contribution is -2.54. The summed E-state index contributed by atoms with van der Waals surface area (Å²) in [5, 5.41) is 28.9. The second-order valence-electron chi connectivity index (χ2n) is 8.05. The minimum Gasteiger partial charge on any atom is -0.477 e. The number of carbonyl (C=O) groups is 1. The van der Waals surface area contributed by atoms with E-state index in [9.17, 15) is 15.0 Å². The third-order valence-electron chi connectivity index (χ3n) is 5.72. The molecule has 11 nitrogen and oxygen atoms in total. The number of carboxylic acid groups (broad SMARTS) is 1. The van der Waals surface area contributed by atoms with Crippen LogP contribution in [-0.2, 0) is 11.8 Å². The van der Waals surface area contributed by atoms with E-state index in [1.54, 1.807) is 20.0 Å². The summed E-state index contributed by atoms with van der Waals surface area (Å²) in [6.45, 7) is 6.77. The van der Waals surface area contributed by atoms with Crippen LogP contribution >= 0.6 is 34.5 Å². The van der Waals surface area contributed by atoms with Crippen molar-refractivity contribution < 1.29 is 19.7 Å². The molecule has 4 N–H and O–H groups in total. The van der Waals surface area contributed by atoms with Crippen LogP contribution in [-0.4, -0.2) is 72.8 Å². The first kappa shape index (κ1) is 25.6. The van der Waals surface area contributed by atoms with Gasteiger partial charge in [0.15, 0.2) is 11.0 Å². The molecule has 3 aromatic heterocycles. The van der Waals surface area contributed by atoms with Crippen LogP contribution in [0.15, 0.2) is 19.0 Å². The monoisotopic (exact) mass is 541 g/mol. The van der Waals surface area contributed by atoms with Gasteiger partial charge in [-0.2, -0.15) is 5.10 Å². The zero-order valence-electron chi connectivity index (χ0n) is 19.0. The lowest BCUT2D eigenvalue weighted by Gasteiger charge is -2.39. The van der Waals surface area contributed by atoms with Crippen molar-refractivity contribution >= 4 is 45.6 Å². The summed E-state index contributed by atoms with van der Waals surface area (Å²) in [5.74, 6) is -0.705. The molecular weight excluding hydrogens is 517 g/mol. The van der Waals surface area contributed by atoms with E-state index in [2.05, 4.69) is 31.9 Å². The molecule has 1 saturated heterocycles. The van der Waals surface area contributed by atoms with Crippen LogP contribution in [0, 0.1) is 6.92 Å². The van der Waals surface area contributed by atoms with E-state index in [1.807, 2.05) is 4.90 Å². The van der Waals surface area contributed by atoms with Gasteiger partial charge < -0.3 is 24.8 Å². The van der Waals surface area contributed by atoms with Gasteiger partial charge in [-0.05, 0) is 13.3 Å². The van der Waals surface area contributed by atoms with E-state index in [0.29, 0.717) is 53.5 Å². The summed E-state index contributed by atoms with van der Waals surface area (Å²) < 4.78 is 7.48. The molecule has 0 aromatic carbocycles. The zero-order chi connectivity index (χ0) is 25.3. The Morgan fingerprint density at radius 3 is 2.86 bits per heavy atom. The first-order chi connectivity index (χ1) is 16.7. The van der Waals surface area contributed by atoms with Gasteiger partial charge >= 0.3 is 5.97 Å². The number of anilines is 1. The highest BCUT2D eigenvalue weighted by Crippen LogP contribution is 2.35. The fourth-order valence-electron chi connectivity index (χ4n) is 3.96. The molecular formula is C21H25Cl2N7O4S. The molecule has 0 bridgehead atoms. The van der Waals surface area contributed by atoms with Crippen LogP contribution in [0.4, 0.5) is 5.13 Å². The Hall–Kier alpha value is -2.48. The number of carboxylic acids is 1. The maximum Gasteiger partial charge on any atom is 0.348 e. The Morgan fingerprint density at radius 2 is 2.26 bits per heavy atom. The van der Waals surface area contributed by atoms with E-state index < -0.39 is 12.2 Å². The largest absolute Gasteiger partial charge is 0.477 e. The number of ether oxygens (including phenoxy) is 1. The second-order valence-corrected chi connectivity index (χ2v) is 9.78. The molecule has 3 aromatic rings. The Bertz CT molecular complexity index is 1230. The van der Waals surface area contributed by atoms with E-state index in [1.165, 1.54) is 11.0 Å². The van der Waals surface area contributed by atoms with Crippen molar-refractivity contribution in [2.45, 2.75) is 31.7 Å². The smallest absolute Gasteiger partial charge is 0.348 e. The van der Waals surface area contributed by atoms with Gasteiger partial charge in [0.2, 0.25) is 0 Å². The number of piperidine rings is 1. The van der Waals surface area contributed by atoms with Crippen molar-refractivity contribution in [2.75, 3.05) is 24.6 Å². The van der Waals surface area contributed by atoms with Gasteiger partial charge in [0.1, 0.15) is 23.1 Å². The summed E-state index contributed by atoms with van der Waals surface area (Å²) >= 11 is 13.5. The maximum absolute atomic E-state index is 11.9. The number of thiazole rings is 1. The number of aromatic carboxylic acids is 1. The summed E-state index contributed by atoms with van der Waals surface area (Å²) in [5.41, 5.74) is 1.32. The summed E-state index contributed by atoms with van der Waals surface area (Å²) in [6, 6.07) is -0.225. The van der Waals surface area contributed by atoms with Gasteiger partial charge in [-0.25, -0.2) is 19.4 Å². The van der Waals surface area contributed by atoms with E-state index in [-0.39, 0.29) is 27.7 Å². The highest BCUT2D eigenvalue weighted by atomic mass is 35.5. The van der Waals surface area contributed by atoms with Crippen molar-refractivity contribution in [1.29, 1.82) is 0 Å². The number of aromatic amines is 1. The van der Waals surface area contributed by atoms with Crippen LogP contribution in [0.25, 0.3) is 11.5 Å². The van der Waals surface area contributed by atoms with Crippen LogP contribution < -0.4 is 10.2 Å². The number of aliphatic hydroxyl groups is 1. The molecule has 0 radical (unpaired) electrons. The Balaban J connectivity index is 1.55. The highest BCUT2D eigenvalue weighted by Gasteiger charge is 2.34. The zero-order valence-corrected chi connectivity index (χ0v) is 21.4. The van der Waals surface area contributed by atoms with Gasteiger partial charge in [0, 0.05) is 31.9 Å². The molecule has 35 heavy (non-hydrogen) atoms. The van der Waals surface area contributed by atoms with Crippen molar-refractivity contribution in [1.82, 2.24) is 30.0 Å². The van der Waals surface area contributed by atoms with Crippen LogP contribution in [0.2, 0.25) is 10.0 Å². The van der Waals surface area contributed by atoms with Crippen molar-refractivity contribution in [3.8, 4) is 11.5 Å². The van der Waals surface area contributed by atoms with E-state index >= 15 is 0 Å². The second kappa shape index (κ2) is 10.6. The highest BCUT2D eigenvalue weighted by molar-refractivity contribution is 7.17. The van der Waals surface area contributed by atoms with Crippen molar-refractivity contribution in [3.63, 3.8) is 0 Å². The van der Waals surface area contributed by atoms with E-state index in [4.69, 9.17) is 27.9 Å². The summed E-state index contributed by atoms with van der Waals surface area (Å²) in [4.78, 5) is 25.7. The normalized spacial score (nSPS) is 19.2. The number of hydrogen-bond donors (Lipinski definition) is 4. The van der Waals surface area contributed by atoms with Gasteiger partial charge in [0.25, 0.3) is 0 Å². The molecule has 4 heterocycles. The van der Waals surface area contributed by atoms with Crippen LogP contribution in [0.5, 0.6) is 0 Å². The number of H-pyrrole nitrogens is 1. The standard InChI is InChI=1S/C21H25Cl2N7O4S/c1-4-7-34-12-8-30(6-5-11(12)27-19(31)15-14(23)13(22)10(2)26-15)21-28-16(17(35-21)20(32)33)18-24-9-25-29(18)3/h4,9,11-12,19,26-27,31H,1,5-8H2,2-3H3,(H,32,33)/t11-,12+,19?/m1/s1. The van der Waals surface area contributed by atoms with Crippen LogP contribution in [0.1, 0.15) is 33.7 Å². The minimum absolute atomic E-state index is 0.0870. The summed E-state index contributed by atoms with van der Waals surface area (Å²) in [7, 11) is 1.68. The first-order valence-electron chi connectivity index (χ1n) is 10.7. The van der Waals surface area contributed by atoms with Gasteiger partial charge in [-0.3, -0.25) is 5.32 Å².